The van der Waals surface area contributed by atoms with E-state index >= 15 is 0 Å². The lowest BCUT2D eigenvalue weighted by atomic mass is 9.66. The number of unbranched alkanes of at least 4 members (excludes halogenated alkanes) is 1. The van der Waals surface area contributed by atoms with Gasteiger partial charge in [-0.15, -0.1) is 0 Å². The fourth-order valence-electron chi connectivity index (χ4n) is 2.72. The van der Waals surface area contributed by atoms with Gasteiger partial charge in [-0.2, -0.15) is 0 Å². The summed E-state index contributed by atoms with van der Waals surface area (Å²) in [6.45, 7) is 0. The van der Waals surface area contributed by atoms with Crippen LogP contribution in [0.15, 0.2) is 0 Å². The van der Waals surface area contributed by atoms with Crippen molar-refractivity contribution in [2.24, 2.45) is 11.7 Å². The summed E-state index contributed by atoms with van der Waals surface area (Å²) in [6.07, 6.45) is 3.49. The fraction of sp³-hybridized carbons (Fsp3) is 0.909. The van der Waals surface area contributed by atoms with Gasteiger partial charge in [0, 0.05) is 6.04 Å². The molecule has 1 atom stereocenters. The molecular formula is C11H23BN2O4. The molecule has 0 aromatic rings. The summed E-state index contributed by atoms with van der Waals surface area (Å²) < 4.78 is 0. The summed E-state index contributed by atoms with van der Waals surface area (Å²) in [6, 6.07) is 0.112. The van der Waals surface area contributed by atoms with Gasteiger partial charge in [-0.3, -0.25) is 4.79 Å². The molecule has 6 N–H and O–H groups in total. The van der Waals surface area contributed by atoms with Crippen LogP contribution in [0.1, 0.15) is 32.1 Å². The van der Waals surface area contributed by atoms with Crippen molar-refractivity contribution in [1.82, 2.24) is 5.32 Å². The minimum atomic E-state index is -1.31. The van der Waals surface area contributed by atoms with E-state index in [1.165, 1.54) is 0 Å². The third-order valence-corrected chi connectivity index (χ3v) is 3.98. The molecule has 0 saturated heterocycles. The summed E-state index contributed by atoms with van der Waals surface area (Å²) in [5.74, 6) is -0.777. The smallest absolute Gasteiger partial charge is 0.451 e. The highest BCUT2D eigenvalue weighted by atomic mass is 16.4. The fourth-order valence-corrected chi connectivity index (χ4v) is 2.72. The third kappa shape index (κ3) is 3.44. The van der Waals surface area contributed by atoms with Crippen LogP contribution in [0.4, 0.5) is 0 Å². The number of carboxylic acids is 1. The predicted octanol–water partition coefficient (Wildman–Crippen LogP) is -0.590. The number of nitrogens with one attached hydrogen (secondary N) is 1. The molecule has 1 saturated carbocycles. The van der Waals surface area contributed by atoms with Gasteiger partial charge < -0.3 is 26.2 Å². The number of hydrogen-bond donors (Lipinski definition) is 5. The Balaban J connectivity index is 2.52. The summed E-state index contributed by atoms with van der Waals surface area (Å²) in [5.41, 5.74) is 4.81. The van der Waals surface area contributed by atoms with Gasteiger partial charge >= 0.3 is 13.1 Å². The zero-order chi connectivity index (χ0) is 13.8. The maximum absolute atomic E-state index is 11.5. The van der Waals surface area contributed by atoms with Crippen molar-refractivity contribution in [3.05, 3.63) is 0 Å². The van der Waals surface area contributed by atoms with E-state index in [0.717, 1.165) is 12.8 Å². The van der Waals surface area contributed by atoms with Crippen LogP contribution < -0.4 is 11.1 Å². The second kappa shape index (κ2) is 6.52. The van der Waals surface area contributed by atoms with E-state index in [9.17, 15) is 9.90 Å². The average Bonchev–Trinajstić information content (AvgIpc) is 2.25. The highest BCUT2D eigenvalue weighted by Gasteiger charge is 2.49. The van der Waals surface area contributed by atoms with E-state index in [4.69, 9.17) is 15.8 Å². The van der Waals surface area contributed by atoms with Gasteiger partial charge in [-0.1, -0.05) is 12.8 Å². The number of nitrogens with two attached hydrogens (primary N) is 1. The normalized spacial score (nSPS) is 26.2. The lowest BCUT2D eigenvalue weighted by Crippen LogP contribution is -2.61. The molecule has 7 heteroatoms. The van der Waals surface area contributed by atoms with Crippen LogP contribution >= 0.6 is 0 Å². The van der Waals surface area contributed by atoms with Gasteiger partial charge in [0.05, 0.1) is 0 Å². The van der Waals surface area contributed by atoms with E-state index in [1.54, 1.807) is 7.05 Å². The van der Waals surface area contributed by atoms with Crippen molar-refractivity contribution in [2.75, 3.05) is 7.05 Å². The number of aliphatic carboxylic acids is 1. The van der Waals surface area contributed by atoms with Crippen molar-refractivity contribution < 1.29 is 19.9 Å². The Morgan fingerprint density at radius 2 is 2.06 bits per heavy atom. The lowest BCUT2D eigenvalue weighted by Gasteiger charge is -2.45. The maximum Gasteiger partial charge on any atom is 0.451 e. The number of carbonyl (C=O) groups is 1. The minimum absolute atomic E-state index is 0.0639. The Morgan fingerprint density at radius 3 is 2.44 bits per heavy atom. The molecule has 0 aliphatic heterocycles. The molecule has 0 radical (unpaired) electrons. The average molecular weight is 258 g/mol. The molecule has 6 nitrogen and oxygen atoms in total. The summed E-state index contributed by atoms with van der Waals surface area (Å²) in [5, 5.41) is 29.9. The SMILES string of the molecule is CN[C@](CCCCB(O)O)(C(=O)O)C1CC(N)C1. The molecule has 18 heavy (non-hydrogen) atoms. The van der Waals surface area contributed by atoms with Crippen molar-refractivity contribution in [2.45, 2.75) is 50.0 Å². The highest BCUT2D eigenvalue weighted by molar-refractivity contribution is 6.40. The van der Waals surface area contributed by atoms with Crippen molar-refractivity contribution >= 4 is 13.1 Å². The molecule has 0 aromatic carbocycles. The van der Waals surface area contributed by atoms with Crippen LogP contribution in [0.2, 0.25) is 6.32 Å². The van der Waals surface area contributed by atoms with E-state index < -0.39 is 18.6 Å². The summed E-state index contributed by atoms with van der Waals surface area (Å²) in [4.78, 5) is 11.5. The van der Waals surface area contributed by atoms with Gasteiger partial charge in [0.25, 0.3) is 0 Å². The number of rotatable bonds is 8. The molecule has 1 aliphatic carbocycles. The van der Waals surface area contributed by atoms with E-state index in [0.29, 0.717) is 19.3 Å². The number of carboxylic acid groups (broad SMARTS) is 1. The Morgan fingerprint density at radius 1 is 1.44 bits per heavy atom. The van der Waals surface area contributed by atoms with Gasteiger partial charge in [0.1, 0.15) is 5.54 Å². The Bertz CT molecular complexity index is 284. The predicted molar refractivity (Wildman–Crippen MR) is 69.0 cm³/mol. The molecule has 0 amide bonds. The monoisotopic (exact) mass is 258 g/mol. The Hall–Kier alpha value is -0.625. The lowest BCUT2D eigenvalue weighted by molar-refractivity contribution is -0.149. The topological polar surface area (TPSA) is 116 Å². The zero-order valence-electron chi connectivity index (χ0n) is 10.8. The quantitative estimate of drug-likeness (QED) is 0.293. The standard InChI is InChI=1S/C11H23BN2O4/c1-14-11(10(15)16,8-6-9(13)7-8)4-2-3-5-12(17)18/h8-9,14,17-18H,2-7,13H2,1H3,(H,15,16)/t8?,9?,11-/m0/s1. The van der Waals surface area contributed by atoms with Gasteiger partial charge in [-0.25, -0.2) is 0 Å². The first-order chi connectivity index (χ1) is 8.42. The molecule has 0 bridgehead atoms. The first kappa shape index (κ1) is 15.4. The molecular weight excluding hydrogens is 235 g/mol. The van der Waals surface area contributed by atoms with Crippen molar-refractivity contribution in [3.8, 4) is 0 Å². The van der Waals surface area contributed by atoms with Crippen LogP contribution in [0.5, 0.6) is 0 Å². The van der Waals surface area contributed by atoms with Crippen LogP contribution in [-0.4, -0.2) is 46.9 Å². The summed E-state index contributed by atoms with van der Waals surface area (Å²) in [7, 11) is 0.356. The van der Waals surface area contributed by atoms with E-state index in [2.05, 4.69) is 5.32 Å². The molecule has 0 aromatic heterocycles. The van der Waals surface area contributed by atoms with Gasteiger partial charge in [-0.05, 0) is 38.5 Å². The van der Waals surface area contributed by atoms with Crippen LogP contribution in [0, 0.1) is 5.92 Å². The first-order valence-electron chi connectivity index (χ1n) is 6.46. The van der Waals surface area contributed by atoms with Crippen LogP contribution in [-0.2, 0) is 4.79 Å². The third-order valence-electron chi connectivity index (χ3n) is 3.98. The van der Waals surface area contributed by atoms with E-state index in [1.807, 2.05) is 0 Å². The zero-order valence-corrected chi connectivity index (χ0v) is 10.8. The molecule has 0 unspecified atom stereocenters. The molecule has 0 spiro atoms. The van der Waals surface area contributed by atoms with Crippen molar-refractivity contribution in [3.63, 3.8) is 0 Å². The second-order valence-electron chi connectivity index (χ2n) is 5.18. The Labute approximate surface area is 108 Å². The molecule has 1 rings (SSSR count). The van der Waals surface area contributed by atoms with Crippen molar-refractivity contribution in [1.29, 1.82) is 0 Å². The molecule has 1 fully saturated rings. The largest absolute Gasteiger partial charge is 0.480 e. The number of likely N-dealkylation sites (N-methyl/N-ethyl adjacent to an activating group) is 1. The molecule has 1 aliphatic rings. The van der Waals surface area contributed by atoms with Gasteiger partial charge in [0.2, 0.25) is 0 Å². The summed E-state index contributed by atoms with van der Waals surface area (Å²) >= 11 is 0. The highest BCUT2D eigenvalue weighted by Crippen LogP contribution is 2.38. The van der Waals surface area contributed by atoms with Crippen LogP contribution in [0.3, 0.4) is 0 Å². The van der Waals surface area contributed by atoms with Gasteiger partial charge in [0.15, 0.2) is 0 Å². The molecule has 104 valence electrons. The van der Waals surface area contributed by atoms with E-state index in [-0.39, 0.29) is 18.3 Å². The Kier molecular flexibility index (Phi) is 5.59. The second-order valence-corrected chi connectivity index (χ2v) is 5.18. The minimum Gasteiger partial charge on any atom is -0.480 e. The maximum atomic E-state index is 11.5. The first-order valence-corrected chi connectivity index (χ1v) is 6.46. The van der Waals surface area contributed by atoms with Crippen LogP contribution in [0.25, 0.3) is 0 Å². The number of hydrogen-bond acceptors (Lipinski definition) is 5. The molecule has 0 heterocycles.